The van der Waals surface area contributed by atoms with Crippen molar-refractivity contribution < 1.29 is 23.9 Å². The second-order valence-corrected chi connectivity index (χ2v) is 7.47. The molecule has 30 heavy (non-hydrogen) atoms. The van der Waals surface area contributed by atoms with Gasteiger partial charge in [-0.1, -0.05) is 62.6 Å². The van der Waals surface area contributed by atoms with Crippen LogP contribution in [-0.4, -0.2) is 36.1 Å². The maximum Gasteiger partial charge on any atom is 0.339 e. The summed E-state index contributed by atoms with van der Waals surface area (Å²) in [6.07, 6.45) is 4.08. The van der Waals surface area contributed by atoms with E-state index in [-0.39, 0.29) is 34.1 Å². The van der Waals surface area contributed by atoms with Gasteiger partial charge in [-0.2, -0.15) is 0 Å². The fourth-order valence-corrected chi connectivity index (χ4v) is 3.61. The molecule has 0 bridgehead atoms. The van der Waals surface area contributed by atoms with Crippen molar-refractivity contribution in [3.63, 3.8) is 0 Å². The Morgan fingerprint density at radius 1 is 0.933 bits per heavy atom. The van der Waals surface area contributed by atoms with Crippen LogP contribution in [0.3, 0.4) is 0 Å². The van der Waals surface area contributed by atoms with Gasteiger partial charge in [0.15, 0.2) is 18.2 Å². The highest BCUT2D eigenvalue weighted by molar-refractivity contribution is 6.30. The van der Waals surface area contributed by atoms with Crippen LogP contribution < -0.4 is 5.32 Å². The van der Waals surface area contributed by atoms with E-state index in [0.717, 1.165) is 25.7 Å². The first-order chi connectivity index (χ1) is 14.4. The van der Waals surface area contributed by atoms with Gasteiger partial charge in [0.1, 0.15) is 0 Å². The molecule has 0 unspecified atom stereocenters. The lowest BCUT2D eigenvalue weighted by atomic mass is 9.82. The quantitative estimate of drug-likeness (QED) is 0.454. The highest BCUT2D eigenvalue weighted by atomic mass is 16.5. The van der Waals surface area contributed by atoms with Crippen molar-refractivity contribution in [3.8, 4) is 0 Å². The van der Waals surface area contributed by atoms with E-state index >= 15 is 0 Å². The Bertz CT molecular complexity index is 995. The number of ketones is 2. The zero-order chi connectivity index (χ0) is 21.7. The molecule has 0 radical (unpaired) electrons. The second-order valence-electron chi connectivity index (χ2n) is 7.47. The number of ether oxygens (including phenoxy) is 1. The van der Waals surface area contributed by atoms with E-state index < -0.39 is 24.3 Å². The van der Waals surface area contributed by atoms with Gasteiger partial charge >= 0.3 is 5.97 Å². The highest BCUT2D eigenvalue weighted by Gasteiger charge is 2.33. The van der Waals surface area contributed by atoms with Crippen molar-refractivity contribution in [2.75, 3.05) is 6.61 Å². The minimum absolute atomic E-state index is 0.0100. The largest absolute Gasteiger partial charge is 0.452 e. The standard InChI is InChI=1S/C24H25NO5/c1-3-4-5-9-15(2)25-20(26)14-30-24(29)19-13-8-12-18-21(19)23(28)17-11-7-6-10-16(17)22(18)27/h6-8,10-13,15H,3-5,9,14H2,1-2H3,(H,25,26)/t15-/m0/s1. The van der Waals surface area contributed by atoms with Gasteiger partial charge in [-0.3, -0.25) is 14.4 Å². The molecule has 0 saturated carbocycles. The van der Waals surface area contributed by atoms with Crippen molar-refractivity contribution in [1.82, 2.24) is 5.32 Å². The maximum atomic E-state index is 12.9. The number of benzene rings is 2. The first kappa shape index (κ1) is 21.4. The third-order valence-corrected chi connectivity index (χ3v) is 5.15. The average Bonchev–Trinajstić information content (AvgIpc) is 2.75. The number of amides is 1. The first-order valence-electron chi connectivity index (χ1n) is 10.2. The fraction of sp³-hybridized carbons (Fsp3) is 0.333. The summed E-state index contributed by atoms with van der Waals surface area (Å²) < 4.78 is 5.14. The van der Waals surface area contributed by atoms with Gasteiger partial charge in [-0.25, -0.2) is 4.79 Å². The van der Waals surface area contributed by atoms with Crippen molar-refractivity contribution in [2.45, 2.75) is 45.6 Å². The molecule has 0 spiro atoms. The Morgan fingerprint density at radius 3 is 2.30 bits per heavy atom. The monoisotopic (exact) mass is 407 g/mol. The molecule has 1 amide bonds. The SMILES string of the molecule is CCCCC[C@H](C)NC(=O)COC(=O)c1cccc2c1C(=O)c1ccccc1C2=O. The molecule has 6 heteroatoms. The van der Waals surface area contributed by atoms with Gasteiger partial charge in [0.2, 0.25) is 0 Å². The summed E-state index contributed by atoms with van der Waals surface area (Å²) in [6, 6.07) is 11.0. The van der Waals surface area contributed by atoms with Crippen LogP contribution in [0.2, 0.25) is 0 Å². The number of rotatable bonds is 8. The molecule has 1 aliphatic carbocycles. The molecule has 6 nitrogen and oxygen atoms in total. The van der Waals surface area contributed by atoms with E-state index in [4.69, 9.17) is 4.74 Å². The average molecular weight is 407 g/mol. The van der Waals surface area contributed by atoms with Gasteiger partial charge in [0, 0.05) is 28.3 Å². The summed E-state index contributed by atoms with van der Waals surface area (Å²) in [4.78, 5) is 50.4. The van der Waals surface area contributed by atoms with Crippen molar-refractivity contribution in [2.24, 2.45) is 0 Å². The van der Waals surface area contributed by atoms with Crippen LogP contribution >= 0.6 is 0 Å². The first-order valence-corrected chi connectivity index (χ1v) is 10.2. The fourth-order valence-electron chi connectivity index (χ4n) is 3.61. The Kier molecular flexibility index (Phi) is 6.77. The summed E-state index contributed by atoms with van der Waals surface area (Å²) in [5.74, 6) is -1.92. The molecule has 0 heterocycles. The van der Waals surface area contributed by atoms with Crippen LogP contribution in [0.15, 0.2) is 42.5 Å². The summed E-state index contributed by atoms with van der Waals surface area (Å²) in [7, 11) is 0. The third kappa shape index (κ3) is 4.48. The molecule has 1 aliphatic rings. The van der Waals surface area contributed by atoms with Crippen LogP contribution in [0, 0.1) is 0 Å². The number of hydrogen-bond donors (Lipinski definition) is 1. The number of unbranched alkanes of at least 4 members (excludes halogenated alkanes) is 2. The second kappa shape index (κ2) is 9.48. The van der Waals surface area contributed by atoms with Gasteiger partial charge in [-0.15, -0.1) is 0 Å². The summed E-state index contributed by atoms with van der Waals surface area (Å²) >= 11 is 0. The van der Waals surface area contributed by atoms with Crippen LogP contribution in [0.1, 0.15) is 81.7 Å². The van der Waals surface area contributed by atoms with Crippen molar-refractivity contribution in [3.05, 3.63) is 70.3 Å². The minimum Gasteiger partial charge on any atom is -0.452 e. The molecular formula is C24H25NO5. The van der Waals surface area contributed by atoms with Crippen LogP contribution in [0.4, 0.5) is 0 Å². The predicted octanol–water partition coefficient (Wildman–Crippen LogP) is 3.70. The Balaban J connectivity index is 1.70. The van der Waals surface area contributed by atoms with E-state index in [1.807, 2.05) is 6.92 Å². The molecule has 2 aromatic carbocycles. The summed E-state index contributed by atoms with van der Waals surface area (Å²) in [5, 5.41) is 2.80. The van der Waals surface area contributed by atoms with E-state index in [0.29, 0.717) is 5.56 Å². The van der Waals surface area contributed by atoms with E-state index in [1.54, 1.807) is 24.3 Å². The van der Waals surface area contributed by atoms with Crippen molar-refractivity contribution in [1.29, 1.82) is 0 Å². The summed E-state index contributed by atoms with van der Waals surface area (Å²) in [5.41, 5.74) is 0.761. The number of esters is 1. The molecule has 156 valence electrons. The lowest BCUT2D eigenvalue weighted by molar-refractivity contribution is -0.124. The van der Waals surface area contributed by atoms with Crippen LogP contribution in [-0.2, 0) is 9.53 Å². The van der Waals surface area contributed by atoms with Crippen LogP contribution in [0.5, 0.6) is 0 Å². The molecule has 2 aromatic rings. The highest BCUT2D eigenvalue weighted by Crippen LogP contribution is 2.29. The van der Waals surface area contributed by atoms with Gasteiger partial charge in [0.05, 0.1) is 5.56 Å². The number of nitrogens with one attached hydrogen (secondary N) is 1. The molecular weight excluding hydrogens is 382 g/mol. The Labute approximate surface area is 175 Å². The molecule has 0 aliphatic heterocycles. The normalized spacial score (nSPS) is 13.3. The summed E-state index contributed by atoms with van der Waals surface area (Å²) in [6.45, 7) is 3.58. The molecule has 1 atom stereocenters. The third-order valence-electron chi connectivity index (χ3n) is 5.15. The topological polar surface area (TPSA) is 89.5 Å². The van der Waals surface area contributed by atoms with E-state index in [2.05, 4.69) is 12.2 Å². The lowest BCUT2D eigenvalue weighted by Crippen LogP contribution is -2.36. The zero-order valence-corrected chi connectivity index (χ0v) is 17.2. The number of hydrogen-bond acceptors (Lipinski definition) is 5. The smallest absolute Gasteiger partial charge is 0.339 e. The van der Waals surface area contributed by atoms with Gasteiger partial charge in [0.25, 0.3) is 5.91 Å². The van der Waals surface area contributed by atoms with E-state index in [1.165, 1.54) is 18.2 Å². The zero-order valence-electron chi connectivity index (χ0n) is 17.2. The minimum atomic E-state index is -0.804. The van der Waals surface area contributed by atoms with Crippen LogP contribution in [0.25, 0.3) is 0 Å². The molecule has 0 saturated heterocycles. The maximum absolute atomic E-state index is 12.9. The number of carbonyl (C=O) groups excluding carboxylic acids is 4. The Hall–Kier alpha value is -3.28. The molecule has 1 N–H and O–H groups in total. The van der Waals surface area contributed by atoms with Gasteiger partial charge < -0.3 is 10.1 Å². The number of fused-ring (bicyclic) bond motifs is 2. The number of carbonyl (C=O) groups is 4. The predicted molar refractivity (Wildman–Crippen MR) is 112 cm³/mol. The van der Waals surface area contributed by atoms with Gasteiger partial charge in [-0.05, 0) is 19.4 Å². The molecule has 3 rings (SSSR count). The molecule has 0 fully saturated rings. The molecule has 0 aromatic heterocycles. The van der Waals surface area contributed by atoms with E-state index in [9.17, 15) is 19.2 Å². The Morgan fingerprint density at radius 2 is 1.60 bits per heavy atom. The van der Waals surface area contributed by atoms with Crippen molar-refractivity contribution >= 4 is 23.4 Å². The lowest BCUT2D eigenvalue weighted by Gasteiger charge is -2.19.